The number of fused-ring (bicyclic) bond motifs is 4. The molecule has 2 aliphatic heterocycles. The number of aryl methyl sites for hydroxylation is 2. The molecule has 0 aliphatic carbocycles. The number of phenolic OH excluding ortho intramolecular Hbond substituents is 6. The van der Waals surface area contributed by atoms with Crippen LogP contribution in [0.1, 0.15) is 73.2 Å². The highest BCUT2D eigenvalue weighted by atomic mass is 16.5. The first-order valence-electron chi connectivity index (χ1n) is 19.0. The lowest BCUT2D eigenvalue weighted by molar-refractivity contribution is 0.396. The van der Waals surface area contributed by atoms with Crippen molar-refractivity contribution in [2.24, 2.45) is 0 Å². The molecule has 2 heterocycles. The summed E-state index contributed by atoms with van der Waals surface area (Å²) in [5.74, 6) is -0.282. The van der Waals surface area contributed by atoms with E-state index in [1.165, 1.54) is 20.3 Å². The highest BCUT2D eigenvalue weighted by Crippen LogP contribution is 2.56. The largest absolute Gasteiger partial charge is 0.507 e. The molecule has 0 spiro atoms. The van der Waals surface area contributed by atoms with Crippen LogP contribution in [0.2, 0.25) is 0 Å². The lowest BCUT2D eigenvalue weighted by Gasteiger charge is -2.32. The number of rotatable bonds is 5. The van der Waals surface area contributed by atoms with Gasteiger partial charge in [0.1, 0.15) is 34.5 Å². The van der Waals surface area contributed by atoms with Crippen LogP contribution in [0.5, 0.6) is 46.0 Å². The molecule has 8 rings (SSSR count). The lowest BCUT2D eigenvalue weighted by Crippen LogP contribution is -2.36. The maximum absolute atomic E-state index is 12.5. The predicted molar refractivity (Wildman–Crippen MR) is 220 cm³/mol. The fraction of sp³-hybridized carbons (Fsp3) is 0.304. The Morgan fingerprint density at radius 2 is 1.02 bits per heavy atom. The quantitative estimate of drug-likeness (QED) is 0.0797. The van der Waals surface area contributed by atoms with E-state index in [0.717, 1.165) is 27.8 Å². The van der Waals surface area contributed by atoms with Crippen LogP contribution < -0.4 is 20.1 Å². The Labute approximate surface area is 325 Å². The number of aromatic hydroxyl groups is 6. The maximum Gasteiger partial charge on any atom is 0.165 e. The number of hydrogen-bond acceptors (Lipinski definition) is 10. The molecule has 290 valence electrons. The van der Waals surface area contributed by atoms with Crippen LogP contribution in [0.25, 0.3) is 54.9 Å². The van der Waals surface area contributed by atoms with E-state index in [1.807, 2.05) is 52.0 Å². The smallest absolute Gasteiger partial charge is 0.165 e. The van der Waals surface area contributed by atoms with Crippen molar-refractivity contribution in [3.63, 3.8) is 0 Å². The van der Waals surface area contributed by atoms with E-state index in [1.54, 1.807) is 18.2 Å². The highest BCUT2D eigenvalue weighted by Gasteiger charge is 2.33. The first-order valence-corrected chi connectivity index (χ1v) is 19.0. The molecule has 0 radical (unpaired) electrons. The molecule has 0 fully saturated rings. The van der Waals surface area contributed by atoms with Crippen LogP contribution in [-0.4, -0.2) is 56.9 Å². The molecule has 6 aromatic rings. The van der Waals surface area contributed by atoms with Gasteiger partial charge in [0.05, 0.1) is 25.0 Å². The molecule has 10 nitrogen and oxygen atoms in total. The zero-order valence-electron chi connectivity index (χ0n) is 32.8. The molecule has 8 N–H and O–H groups in total. The van der Waals surface area contributed by atoms with Crippen LogP contribution in [0.15, 0.2) is 48.5 Å². The van der Waals surface area contributed by atoms with Gasteiger partial charge in [-0.1, -0.05) is 12.1 Å². The van der Waals surface area contributed by atoms with Crippen molar-refractivity contribution in [3.8, 4) is 79.4 Å². The third kappa shape index (κ3) is 5.61. The van der Waals surface area contributed by atoms with Crippen LogP contribution in [0.3, 0.4) is 0 Å². The van der Waals surface area contributed by atoms with E-state index >= 15 is 0 Å². The summed E-state index contributed by atoms with van der Waals surface area (Å²) in [5, 5.41) is 79.7. The van der Waals surface area contributed by atoms with Gasteiger partial charge < -0.3 is 50.7 Å². The normalized spacial score (nSPS) is 19.2. The Hall–Kier alpha value is -5.84. The molecule has 4 atom stereocenters. The Morgan fingerprint density at radius 1 is 0.518 bits per heavy atom. The number of phenols is 6. The van der Waals surface area contributed by atoms with Gasteiger partial charge in [0.2, 0.25) is 0 Å². The average Bonchev–Trinajstić information content (AvgIpc) is 3.13. The van der Waals surface area contributed by atoms with Gasteiger partial charge in [-0.05, 0) is 134 Å². The second kappa shape index (κ2) is 13.4. The van der Waals surface area contributed by atoms with Crippen molar-refractivity contribution in [2.75, 3.05) is 14.2 Å². The topological polar surface area (TPSA) is 164 Å². The van der Waals surface area contributed by atoms with E-state index in [4.69, 9.17) is 9.47 Å². The minimum absolute atomic E-state index is 0.0162. The van der Waals surface area contributed by atoms with Crippen LogP contribution >= 0.6 is 0 Å². The number of methoxy groups -OCH3 is 2. The Kier molecular flexibility index (Phi) is 8.89. The van der Waals surface area contributed by atoms with Crippen molar-refractivity contribution in [1.29, 1.82) is 0 Å². The molecular weight excluding hydrogens is 709 g/mol. The molecule has 6 aromatic carbocycles. The van der Waals surface area contributed by atoms with Gasteiger partial charge >= 0.3 is 0 Å². The van der Waals surface area contributed by atoms with Crippen molar-refractivity contribution < 1.29 is 40.1 Å². The Morgan fingerprint density at radius 3 is 1.55 bits per heavy atom. The SMILES string of the molecule is COc1cc(C)cc2c(-c3c(O)cc(O)c4c3C[C@@H](C)N[C@@H]4C)cc(-c3cc(-c4c(O)c(O)cc5c4C[C@@H](C)N[C@@H]5C)c4cc(C)cc(OC)c4c3O)c(O)c12. The fourth-order valence-electron chi connectivity index (χ4n) is 9.51. The summed E-state index contributed by atoms with van der Waals surface area (Å²) >= 11 is 0. The van der Waals surface area contributed by atoms with Crippen LogP contribution in [-0.2, 0) is 12.8 Å². The molecular formula is C46H48N2O8. The van der Waals surface area contributed by atoms with Gasteiger partial charge in [-0.15, -0.1) is 0 Å². The third-order valence-corrected chi connectivity index (χ3v) is 11.7. The Bertz CT molecular complexity index is 2630. The van der Waals surface area contributed by atoms with Crippen LogP contribution in [0, 0.1) is 13.8 Å². The van der Waals surface area contributed by atoms with Crippen molar-refractivity contribution in [2.45, 2.75) is 78.6 Å². The van der Waals surface area contributed by atoms with Gasteiger partial charge in [-0.2, -0.15) is 0 Å². The zero-order chi connectivity index (χ0) is 40.1. The number of hydrogen-bond donors (Lipinski definition) is 8. The molecule has 56 heavy (non-hydrogen) atoms. The van der Waals surface area contributed by atoms with Gasteiger partial charge in [0.15, 0.2) is 11.5 Å². The first-order chi connectivity index (χ1) is 26.6. The summed E-state index contributed by atoms with van der Waals surface area (Å²) in [5.41, 5.74) is 7.32. The summed E-state index contributed by atoms with van der Waals surface area (Å²) in [6.45, 7) is 11.9. The second-order valence-corrected chi connectivity index (χ2v) is 15.8. The molecule has 0 aromatic heterocycles. The summed E-state index contributed by atoms with van der Waals surface area (Å²) in [7, 11) is 3.05. The van der Waals surface area contributed by atoms with Crippen molar-refractivity contribution in [1.82, 2.24) is 10.6 Å². The summed E-state index contributed by atoms with van der Waals surface area (Å²) in [6, 6.07) is 13.7. The minimum atomic E-state index is -0.290. The van der Waals surface area contributed by atoms with Gasteiger partial charge in [0.25, 0.3) is 0 Å². The first kappa shape index (κ1) is 37.1. The zero-order valence-corrected chi connectivity index (χ0v) is 32.8. The summed E-state index contributed by atoms with van der Waals surface area (Å²) in [6.07, 6.45) is 1.06. The van der Waals surface area contributed by atoms with Gasteiger partial charge in [-0.25, -0.2) is 0 Å². The van der Waals surface area contributed by atoms with Crippen molar-refractivity contribution >= 4 is 21.5 Å². The van der Waals surface area contributed by atoms with Gasteiger partial charge in [0, 0.05) is 58.1 Å². The predicted octanol–water partition coefficient (Wildman–Crippen LogP) is 9.05. The monoisotopic (exact) mass is 756 g/mol. The molecule has 0 saturated carbocycles. The lowest BCUT2D eigenvalue weighted by atomic mass is 9.80. The average molecular weight is 757 g/mol. The Balaban J connectivity index is 1.56. The van der Waals surface area contributed by atoms with Gasteiger partial charge in [-0.3, -0.25) is 0 Å². The number of nitrogens with one attached hydrogen (secondary N) is 2. The van der Waals surface area contributed by atoms with Crippen LogP contribution in [0.4, 0.5) is 0 Å². The highest BCUT2D eigenvalue weighted by molar-refractivity contribution is 6.13. The molecule has 0 unspecified atom stereocenters. The van der Waals surface area contributed by atoms with Crippen molar-refractivity contribution in [3.05, 3.63) is 81.9 Å². The van der Waals surface area contributed by atoms with E-state index in [0.29, 0.717) is 73.7 Å². The fourth-order valence-corrected chi connectivity index (χ4v) is 9.51. The van der Waals surface area contributed by atoms with E-state index in [-0.39, 0.29) is 69.8 Å². The molecule has 10 heteroatoms. The minimum Gasteiger partial charge on any atom is -0.507 e. The van der Waals surface area contributed by atoms with E-state index < -0.39 is 0 Å². The van der Waals surface area contributed by atoms with E-state index in [2.05, 4.69) is 24.5 Å². The molecule has 0 saturated heterocycles. The number of benzene rings is 6. The summed E-state index contributed by atoms with van der Waals surface area (Å²) < 4.78 is 11.8. The van der Waals surface area contributed by atoms with E-state index in [9.17, 15) is 30.6 Å². The molecule has 0 amide bonds. The maximum atomic E-state index is 12.5. The summed E-state index contributed by atoms with van der Waals surface area (Å²) in [4.78, 5) is 0. The standard InChI is InChI=1S/C46H48N2O8/c1-19-9-26-29(40-33-14-22(4)48-24(6)39(33)34(49)18-35(40)50)15-31(44(52)42(26)37(11-19)55-7)32-16-30(27-10-20(2)12-38(56-8)43(27)45(32)53)41-28-13-21(3)47-23(5)25(28)17-36(51)46(41)54/h9-12,15-18,21-24,47-54H,13-14H2,1-8H3/t21-,22-,23-,24-/m1/s1. The molecule has 2 aliphatic rings. The molecule has 0 bridgehead atoms. The number of ether oxygens (including phenoxy) is 2. The third-order valence-electron chi connectivity index (χ3n) is 11.7. The second-order valence-electron chi connectivity index (χ2n) is 15.8.